The van der Waals surface area contributed by atoms with Crippen molar-refractivity contribution < 1.29 is 23.0 Å². The predicted octanol–water partition coefficient (Wildman–Crippen LogP) is 2.36. The predicted molar refractivity (Wildman–Crippen MR) is 55.6 cm³/mol. The minimum atomic E-state index is -4.32. The summed E-state index contributed by atoms with van der Waals surface area (Å²) in [6.45, 7) is 0.773. The van der Waals surface area contributed by atoms with Crippen molar-refractivity contribution in [3.63, 3.8) is 0 Å². The highest BCUT2D eigenvalue weighted by atomic mass is 19.4. The van der Waals surface area contributed by atoms with Gasteiger partial charge in [0.2, 0.25) is 0 Å². The molecule has 0 amide bonds. The second kappa shape index (κ2) is 4.31. The van der Waals surface area contributed by atoms with E-state index in [0.717, 1.165) is 12.1 Å². The SMILES string of the molecule is OC[C@@]1(c2ccc(C(F)(F)F)cc2)CCOC1. The Kier molecular flexibility index (Phi) is 3.14. The van der Waals surface area contributed by atoms with Gasteiger partial charge in [0.15, 0.2) is 0 Å². The summed E-state index contributed by atoms with van der Waals surface area (Å²) in [5.74, 6) is 0. The molecule has 1 aromatic rings. The lowest BCUT2D eigenvalue weighted by molar-refractivity contribution is -0.137. The van der Waals surface area contributed by atoms with E-state index in [1.165, 1.54) is 12.1 Å². The zero-order valence-electron chi connectivity index (χ0n) is 9.13. The zero-order valence-corrected chi connectivity index (χ0v) is 9.13. The van der Waals surface area contributed by atoms with Crippen LogP contribution in [0, 0.1) is 0 Å². The summed E-state index contributed by atoms with van der Waals surface area (Å²) >= 11 is 0. The zero-order chi connectivity index (χ0) is 12.5. The highest BCUT2D eigenvalue weighted by Crippen LogP contribution is 2.35. The van der Waals surface area contributed by atoms with Crippen LogP contribution >= 0.6 is 0 Å². The quantitative estimate of drug-likeness (QED) is 0.868. The Morgan fingerprint density at radius 2 is 1.88 bits per heavy atom. The largest absolute Gasteiger partial charge is 0.416 e. The molecular weight excluding hydrogens is 233 g/mol. The van der Waals surface area contributed by atoms with E-state index in [1.54, 1.807) is 0 Å². The van der Waals surface area contributed by atoms with Crippen LogP contribution in [0.1, 0.15) is 17.5 Å². The fourth-order valence-corrected chi connectivity index (χ4v) is 2.06. The molecule has 1 N–H and O–H groups in total. The van der Waals surface area contributed by atoms with E-state index in [2.05, 4.69) is 0 Å². The number of halogens is 3. The van der Waals surface area contributed by atoms with Crippen LogP contribution in [0.2, 0.25) is 0 Å². The Morgan fingerprint density at radius 3 is 2.29 bits per heavy atom. The summed E-state index contributed by atoms with van der Waals surface area (Å²) in [6.07, 6.45) is -3.69. The Hall–Kier alpha value is -1.07. The number of alkyl halides is 3. The van der Waals surface area contributed by atoms with E-state index in [9.17, 15) is 18.3 Å². The number of ether oxygens (including phenoxy) is 1. The van der Waals surface area contributed by atoms with Crippen LogP contribution in [0.4, 0.5) is 13.2 Å². The topological polar surface area (TPSA) is 29.5 Å². The van der Waals surface area contributed by atoms with Crippen molar-refractivity contribution in [2.24, 2.45) is 0 Å². The first-order valence-corrected chi connectivity index (χ1v) is 5.34. The minimum absolute atomic E-state index is 0.113. The van der Waals surface area contributed by atoms with Crippen LogP contribution in [0.3, 0.4) is 0 Å². The minimum Gasteiger partial charge on any atom is -0.395 e. The second-order valence-electron chi connectivity index (χ2n) is 4.32. The molecule has 0 radical (unpaired) electrons. The average molecular weight is 246 g/mol. The van der Waals surface area contributed by atoms with Crippen molar-refractivity contribution in [1.29, 1.82) is 0 Å². The van der Waals surface area contributed by atoms with E-state index >= 15 is 0 Å². The van der Waals surface area contributed by atoms with Gasteiger partial charge in [-0.2, -0.15) is 13.2 Å². The van der Waals surface area contributed by atoms with Gasteiger partial charge in [-0.1, -0.05) is 12.1 Å². The highest BCUT2D eigenvalue weighted by Gasteiger charge is 2.37. The molecular formula is C12H13F3O2. The molecule has 17 heavy (non-hydrogen) atoms. The first-order valence-electron chi connectivity index (χ1n) is 5.34. The summed E-state index contributed by atoms with van der Waals surface area (Å²) in [6, 6.07) is 4.94. The van der Waals surface area contributed by atoms with Gasteiger partial charge in [0.05, 0.1) is 18.8 Å². The fourth-order valence-electron chi connectivity index (χ4n) is 2.06. The molecule has 1 aromatic carbocycles. The third-order valence-electron chi connectivity index (χ3n) is 3.23. The summed E-state index contributed by atoms with van der Waals surface area (Å²) in [4.78, 5) is 0. The number of hydrogen-bond donors (Lipinski definition) is 1. The maximum absolute atomic E-state index is 12.4. The summed E-state index contributed by atoms with van der Waals surface area (Å²) < 4.78 is 42.4. The van der Waals surface area contributed by atoms with Crippen LogP contribution < -0.4 is 0 Å². The molecule has 1 atom stereocenters. The molecule has 1 aliphatic rings. The third-order valence-corrected chi connectivity index (χ3v) is 3.23. The molecule has 94 valence electrons. The van der Waals surface area contributed by atoms with Crippen molar-refractivity contribution in [2.75, 3.05) is 19.8 Å². The maximum Gasteiger partial charge on any atom is 0.416 e. The van der Waals surface area contributed by atoms with E-state index in [1.807, 2.05) is 0 Å². The van der Waals surface area contributed by atoms with Crippen molar-refractivity contribution in [3.8, 4) is 0 Å². The molecule has 0 aromatic heterocycles. The standard InChI is InChI=1S/C12H13F3O2/c13-12(14,15)10-3-1-9(2-4-10)11(7-16)5-6-17-8-11/h1-4,16H,5-8H2/t11-/m0/s1. The van der Waals surface area contributed by atoms with Gasteiger partial charge < -0.3 is 9.84 Å². The molecule has 2 rings (SSSR count). The molecule has 1 saturated heterocycles. The molecule has 0 unspecified atom stereocenters. The van der Waals surface area contributed by atoms with Crippen LogP contribution in [0.25, 0.3) is 0 Å². The fraction of sp³-hybridized carbons (Fsp3) is 0.500. The molecule has 1 fully saturated rings. The number of aliphatic hydroxyl groups excluding tert-OH is 1. The van der Waals surface area contributed by atoms with Gasteiger partial charge in [0.25, 0.3) is 0 Å². The van der Waals surface area contributed by atoms with E-state index in [0.29, 0.717) is 25.2 Å². The van der Waals surface area contributed by atoms with Crippen LogP contribution in [0.15, 0.2) is 24.3 Å². The lowest BCUT2D eigenvalue weighted by Gasteiger charge is -2.25. The van der Waals surface area contributed by atoms with E-state index in [4.69, 9.17) is 4.74 Å². The molecule has 1 heterocycles. The average Bonchev–Trinajstić information content (AvgIpc) is 2.78. The number of benzene rings is 1. The number of hydrogen-bond acceptors (Lipinski definition) is 2. The smallest absolute Gasteiger partial charge is 0.395 e. The van der Waals surface area contributed by atoms with Gasteiger partial charge in [-0.15, -0.1) is 0 Å². The van der Waals surface area contributed by atoms with E-state index in [-0.39, 0.29) is 6.61 Å². The van der Waals surface area contributed by atoms with Gasteiger partial charge >= 0.3 is 6.18 Å². The number of rotatable bonds is 2. The molecule has 5 heteroatoms. The first kappa shape index (κ1) is 12.4. The second-order valence-corrected chi connectivity index (χ2v) is 4.32. The van der Waals surface area contributed by atoms with Crippen LogP contribution in [-0.4, -0.2) is 24.9 Å². The Labute approximate surface area is 97.0 Å². The van der Waals surface area contributed by atoms with Crippen molar-refractivity contribution in [3.05, 3.63) is 35.4 Å². The van der Waals surface area contributed by atoms with Gasteiger partial charge in [-0.25, -0.2) is 0 Å². The lowest BCUT2D eigenvalue weighted by atomic mass is 9.80. The molecule has 0 saturated carbocycles. The summed E-state index contributed by atoms with van der Waals surface area (Å²) in [5.41, 5.74) is -0.511. The molecule has 1 aliphatic heterocycles. The molecule has 0 spiro atoms. The van der Waals surface area contributed by atoms with Crippen molar-refractivity contribution in [2.45, 2.75) is 18.0 Å². The highest BCUT2D eigenvalue weighted by molar-refractivity contribution is 5.31. The van der Waals surface area contributed by atoms with Crippen LogP contribution in [-0.2, 0) is 16.3 Å². The Bertz CT molecular complexity index is 378. The van der Waals surface area contributed by atoms with Crippen molar-refractivity contribution in [1.82, 2.24) is 0 Å². The maximum atomic E-state index is 12.4. The molecule has 2 nitrogen and oxygen atoms in total. The van der Waals surface area contributed by atoms with Crippen molar-refractivity contribution >= 4 is 0 Å². The monoisotopic (exact) mass is 246 g/mol. The van der Waals surface area contributed by atoms with Gasteiger partial charge in [-0.05, 0) is 24.1 Å². The summed E-state index contributed by atoms with van der Waals surface area (Å²) in [5, 5.41) is 9.40. The van der Waals surface area contributed by atoms with E-state index < -0.39 is 17.2 Å². The van der Waals surface area contributed by atoms with Gasteiger partial charge in [0.1, 0.15) is 0 Å². The lowest BCUT2D eigenvalue weighted by Crippen LogP contribution is -2.30. The Morgan fingerprint density at radius 1 is 1.24 bits per heavy atom. The third kappa shape index (κ3) is 2.30. The Balaban J connectivity index is 2.28. The first-order chi connectivity index (χ1) is 7.98. The normalized spacial score (nSPS) is 25.2. The number of aliphatic hydroxyl groups is 1. The summed E-state index contributed by atoms with van der Waals surface area (Å²) in [7, 11) is 0. The van der Waals surface area contributed by atoms with Crippen LogP contribution in [0.5, 0.6) is 0 Å². The van der Waals surface area contributed by atoms with Gasteiger partial charge in [-0.3, -0.25) is 0 Å². The van der Waals surface area contributed by atoms with Gasteiger partial charge in [0, 0.05) is 12.0 Å². The molecule has 0 aliphatic carbocycles. The molecule has 0 bridgehead atoms.